The first-order chi connectivity index (χ1) is 37.3. The number of amides is 2. The molecule has 5 N–H and O–H groups in total. The van der Waals surface area contributed by atoms with Gasteiger partial charge in [-0.25, -0.2) is 9.97 Å². The van der Waals surface area contributed by atoms with E-state index in [0.717, 1.165) is 93.2 Å². The van der Waals surface area contributed by atoms with Gasteiger partial charge in [0, 0.05) is 118 Å². The number of rotatable bonds is 18. The molecule has 1 aliphatic carbocycles. The van der Waals surface area contributed by atoms with Gasteiger partial charge in [-0.1, -0.05) is 38.1 Å². The largest absolute Gasteiger partial charge is 0.507 e. The van der Waals surface area contributed by atoms with Crippen LogP contribution in [0.3, 0.4) is 0 Å². The number of likely N-dealkylation sites (tertiary alicyclic amines) is 2. The molecule has 5 fully saturated rings. The highest BCUT2D eigenvalue weighted by molar-refractivity contribution is 5.91. The van der Waals surface area contributed by atoms with E-state index in [-0.39, 0.29) is 72.9 Å². The van der Waals surface area contributed by atoms with Gasteiger partial charge in [-0.3, -0.25) is 14.5 Å². The molecule has 406 valence electrons. The zero-order valence-corrected chi connectivity index (χ0v) is 44.2. The van der Waals surface area contributed by atoms with E-state index in [0.29, 0.717) is 47.7 Å². The van der Waals surface area contributed by atoms with Crippen LogP contribution in [-0.4, -0.2) is 150 Å². The topological polar surface area (TPSA) is 236 Å². The smallest absolute Gasteiger partial charge is 0.254 e. The molecule has 20 nitrogen and oxygen atoms in total. The van der Waals surface area contributed by atoms with Gasteiger partial charge < -0.3 is 59.3 Å². The number of pyridine rings is 1. The van der Waals surface area contributed by atoms with Crippen LogP contribution in [0.4, 0.5) is 17.2 Å². The number of aliphatic hydroxyl groups excluding tert-OH is 1. The zero-order valence-electron chi connectivity index (χ0n) is 44.2. The monoisotopic (exact) mass is 1050 g/mol. The molecule has 4 saturated heterocycles. The van der Waals surface area contributed by atoms with E-state index in [1.807, 2.05) is 87.1 Å². The number of anilines is 3. The average Bonchev–Trinajstić information content (AvgIpc) is 4.22. The van der Waals surface area contributed by atoms with Crippen LogP contribution < -0.4 is 30.3 Å². The van der Waals surface area contributed by atoms with Gasteiger partial charge >= 0.3 is 0 Å². The van der Waals surface area contributed by atoms with Gasteiger partial charge in [-0.2, -0.15) is 0 Å². The number of nitrogen functional groups attached to an aromatic ring is 1. The van der Waals surface area contributed by atoms with E-state index < -0.39 is 18.1 Å². The number of piperazine rings is 1. The summed E-state index contributed by atoms with van der Waals surface area (Å²) in [6.07, 6.45) is 10.9. The fourth-order valence-corrected chi connectivity index (χ4v) is 12.0. The number of aliphatic hydroxyl groups is 1. The number of phenolic OH excluding ortho intramolecular Hbond substituents is 1. The molecule has 0 spiro atoms. The maximum Gasteiger partial charge on any atom is 0.254 e. The van der Waals surface area contributed by atoms with Crippen molar-refractivity contribution in [1.29, 1.82) is 0 Å². The molecular weight excluding hydrogens is 981 g/mol. The first-order valence-corrected chi connectivity index (χ1v) is 27.3. The van der Waals surface area contributed by atoms with Gasteiger partial charge in [-0.05, 0) is 92.6 Å². The normalized spacial score (nSPS) is 23.5. The number of imidazole rings is 1. The van der Waals surface area contributed by atoms with E-state index in [1.165, 1.54) is 4.90 Å². The number of para-hydroxylation sites is 1. The number of nitrogens with zero attached hydrogens (tertiary/aromatic N) is 10. The van der Waals surface area contributed by atoms with Crippen LogP contribution in [0.5, 0.6) is 17.5 Å². The van der Waals surface area contributed by atoms with Crippen molar-refractivity contribution in [3.63, 3.8) is 0 Å². The minimum atomic E-state index is -0.835. The van der Waals surface area contributed by atoms with E-state index >= 15 is 0 Å². The second-order valence-corrected chi connectivity index (χ2v) is 21.8. The van der Waals surface area contributed by atoms with Crippen LogP contribution in [0.15, 0.2) is 95.9 Å². The Balaban J connectivity index is 0.601. The number of piperidine rings is 1. The number of benzene rings is 2. The van der Waals surface area contributed by atoms with Gasteiger partial charge in [0.1, 0.15) is 36.2 Å². The van der Waals surface area contributed by atoms with Crippen molar-refractivity contribution in [2.24, 2.45) is 5.92 Å². The van der Waals surface area contributed by atoms with Crippen molar-refractivity contribution in [3.8, 4) is 34.5 Å². The van der Waals surface area contributed by atoms with Crippen molar-refractivity contribution < 1.29 is 38.5 Å². The fraction of sp³-hybridized carbons (Fsp3) is 0.491. The molecule has 77 heavy (non-hydrogen) atoms. The zero-order chi connectivity index (χ0) is 53.3. The Morgan fingerprint density at radius 3 is 2.34 bits per heavy atom. The highest BCUT2D eigenvalue weighted by Gasteiger charge is 2.45. The van der Waals surface area contributed by atoms with E-state index in [9.17, 15) is 19.8 Å². The molecule has 4 aromatic heterocycles. The molecule has 5 aliphatic rings. The number of fused-ring (bicyclic) bond motifs is 2. The van der Waals surface area contributed by atoms with Gasteiger partial charge in [-0.15, -0.1) is 10.2 Å². The summed E-state index contributed by atoms with van der Waals surface area (Å²) < 4.78 is 26.7. The number of hydrogen-bond acceptors (Lipinski definition) is 17. The first kappa shape index (κ1) is 51.8. The average molecular weight is 1050 g/mol. The van der Waals surface area contributed by atoms with Crippen LogP contribution in [0, 0.1) is 12.8 Å². The molecule has 6 atom stereocenters. The summed E-state index contributed by atoms with van der Waals surface area (Å²) >= 11 is 0. The maximum atomic E-state index is 14.2. The highest BCUT2D eigenvalue weighted by Crippen LogP contribution is 2.41. The third-order valence-corrected chi connectivity index (χ3v) is 16.2. The molecule has 2 aromatic carbocycles. The molecule has 1 saturated carbocycles. The number of nitrogens with one attached hydrogen (secondary N) is 1. The summed E-state index contributed by atoms with van der Waals surface area (Å²) in [5.41, 5.74) is 11.4. The second kappa shape index (κ2) is 22.4. The molecule has 8 heterocycles. The number of ether oxygens (including phenoxy) is 3. The Hall–Kier alpha value is -7.29. The SMILES string of the molecule is Cc1nccn1-c1ccc([C@H](C)NC(=O)[C@@H]2C[C@@H](O)CN2C(=O)[C@@H](c2cc(OCCN3CCC(O[C@H]4C[C@H](Oc5cc(N6C7CCC6CN(c6cc(-c8ccccc8O)nnc6N)C7)ccn5)C4)CC3)no2)C(C)C)cc1. The van der Waals surface area contributed by atoms with Crippen molar-refractivity contribution in [2.75, 3.05) is 61.4 Å². The lowest BCUT2D eigenvalue weighted by molar-refractivity contribution is -0.141. The lowest BCUT2D eigenvalue weighted by Gasteiger charge is -2.43. The number of carbonyl (C=O) groups is 2. The molecule has 20 heteroatoms. The number of nitrogens with two attached hydrogens (primary N) is 1. The van der Waals surface area contributed by atoms with Crippen LogP contribution in [-0.2, 0) is 14.3 Å². The number of hydrogen-bond donors (Lipinski definition) is 4. The molecule has 4 aliphatic heterocycles. The van der Waals surface area contributed by atoms with Crippen LogP contribution in [0.25, 0.3) is 16.9 Å². The Morgan fingerprint density at radius 2 is 1.61 bits per heavy atom. The predicted octanol–water partition coefficient (Wildman–Crippen LogP) is 6.21. The van der Waals surface area contributed by atoms with Crippen LogP contribution in [0.2, 0.25) is 0 Å². The Morgan fingerprint density at radius 1 is 0.844 bits per heavy atom. The first-order valence-electron chi connectivity index (χ1n) is 27.3. The van der Waals surface area contributed by atoms with Crippen molar-refractivity contribution in [3.05, 3.63) is 109 Å². The third kappa shape index (κ3) is 11.3. The summed E-state index contributed by atoms with van der Waals surface area (Å²) in [5, 5.41) is 37.0. The number of β-amino-alcohol motifs (C(OH)–C–C–N with tert-alkyl or cyclic N) is 1. The molecule has 0 radical (unpaired) electrons. The summed E-state index contributed by atoms with van der Waals surface area (Å²) in [7, 11) is 0. The van der Waals surface area contributed by atoms with Gasteiger partial charge in [0.15, 0.2) is 11.6 Å². The highest BCUT2D eigenvalue weighted by atomic mass is 16.5. The Bertz CT molecular complexity index is 3000. The lowest BCUT2D eigenvalue weighted by atomic mass is 9.91. The Kier molecular flexibility index (Phi) is 15.0. The third-order valence-electron chi connectivity index (χ3n) is 16.2. The molecule has 2 bridgehead atoms. The van der Waals surface area contributed by atoms with E-state index in [2.05, 4.69) is 57.5 Å². The molecule has 11 rings (SSSR count). The number of aryl methyl sites for hydroxylation is 1. The summed E-state index contributed by atoms with van der Waals surface area (Å²) in [4.78, 5) is 45.5. The van der Waals surface area contributed by atoms with Gasteiger partial charge in [0.2, 0.25) is 17.7 Å². The fourth-order valence-electron chi connectivity index (χ4n) is 12.0. The molecule has 2 amide bonds. The van der Waals surface area contributed by atoms with Gasteiger partial charge in [0.25, 0.3) is 5.88 Å². The summed E-state index contributed by atoms with van der Waals surface area (Å²) in [6.45, 7) is 12.2. The summed E-state index contributed by atoms with van der Waals surface area (Å²) in [6, 6.07) is 22.2. The van der Waals surface area contributed by atoms with Crippen molar-refractivity contribution in [2.45, 2.75) is 127 Å². The maximum absolute atomic E-state index is 14.2. The van der Waals surface area contributed by atoms with Crippen LogP contribution in [0.1, 0.15) is 94.8 Å². The molecule has 2 unspecified atom stereocenters. The number of carbonyl (C=O) groups excluding carboxylic acids is 2. The molecular formula is C57H70N12O8. The minimum absolute atomic E-state index is 0.0489. The number of aromatic hydroxyl groups is 1. The quantitative estimate of drug-likeness (QED) is 0.0748. The lowest BCUT2D eigenvalue weighted by Crippen LogP contribution is -2.54. The summed E-state index contributed by atoms with van der Waals surface area (Å²) in [5.74, 6) is 1.19. The van der Waals surface area contributed by atoms with Gasteiger partial charge in [0.05, 0.1) is 35.7 Å². The van der Waals surface area contributed by atoms with Crippen LogP contribution >= 0.6 is 0 Å². The van der Waals surface area contributed by atoms with Crippen molar-refractivity contribution in [1.82, 2.24) is 45.0 Å². The standard InChI is InChI=1S/C57H70N12O8/c1-34(2)54(57(73)68-33-42(70)26-49(68)56(72)61-35(3)37-9-11-38(12-10-37)67-22-19-59-36(67)4)51-30-53(64-77-51)74-24-23-65-20-16-43(17-21-65)75-44-27-45(28-44)76-52-25-39(15-18-60-52)69-40-13-14-41(69)32-66(31-40)48-29-47(62-63-55(48)58)46-7-5-6-8-50(46)71/h5-12,15,18-19,22,25,29-30,34-35,40-45,49,54,70-71H,13-14,16-17,20-21,23-24,26-28,31-33H2,1-4H3,(H2,58,63)(H,61,72)/t35-,40?,41?,42+,44-,45-,49-,54+/m0/s1. The van der Waals surface area contributed by atoms with E-state index in [4.69, 9.17) is 24.5 Å². The number of aromatic nitrogens is 6. The Labute approximate surface area is 448 Å². The second-order valence-electron chi connectivity index (χ2n) is 21.8. The minimum Gasteiger partial charge on any atom is -0.507 e. The number of phenols is 1. The molecule has 6 aromatic rings. The van der Waals surface area contributed by atoms with E-state index in [1.54, 1.807) is 24.4 Å². The van der Waals surface area contributed by atoms with Crippen molar-refractivity contribution >= 4 is 29.0 Å². The predicted molar refractivity (Wildman–Crippen MR) is 288 cm³/mol.